The molecule has 1 aliphatic carbocycles. The van der Waals surface area contributed by atoms with Crippen molar-refractivity contribution in [3.8, 4) is 0 Å². The minimum Gasteiger partial charge on any atom is -0.466 e. The predicted molar refractivity (Wildman–Crippen MR) is 73.9 cm³/mol. The van der Waals surface area contributed by atoms with E-state index in [1.165, 1.54) is 0 Å². The summed E-state index contributed by atoms with van der Waals surface area (Å²) in [6.45, 7) is 5.74. The third-order valence-corrected chi connectivity index (χ3v) is 3.74. The second-order valence-corrected chi connectivity index (χ2v) is 5.07. The molecule has 0 spiro atoms. The Morgan fingerprint density at radius 2 is 2.20 bits per heavy atom. The zero-order valence-electron chi connectivity index (χ0n) is 11.9. The van der Waals surface area contributed by atoms with Gasteiger partial charge in [0.2, 0.25) is 0 Å². The molecule has 1 atom stereocenters. The average Bonchev–Trinajstić information content (AvgIpc) is 2.75. The Kier molecular flexibility index (Phi) is 4.80. The molecule has 4 heteroatoms. The number of rotatable bonds is 5. The molecule has 0 amide bonds. The monoisotopic (exact) mass is 276 g/mol. The van der Waals surface area contributed by atoms with Gasteiger partial charge in [0, 0.05) is 12.0 Å². The van der Waals surface area contributed by atoms with Crippen LogP contribution >= 0.6 is 0 Å². The molecule has 0 radical (unpaired) electrons. The number of hydrogen-bond acceptors (Lipinski definition) is 4. The summed E-state index contributed by atoms with van der Waals surface area (Å²) in [6.07, 6.45) is 4.29. The van der Waals surface area contributed by atoms with E-state index in [1.54, 1.807) is 6.92 Å². The number of ether oxygens (including phenoxy) is 2. The van der Waals surface area contributed by atoms with Crippen molar-refractivity contribution in [2.45, 2.75) is 51.6 Å². The number of carbonyl (C=O) groups is 2. The molecule has 2 rings (SSSR count). The Labute approximate surface area is 119 Å². The van der Waals surface area contributed by atoms with Crippen LogP contribution in [-0.4, -0.2) is 24.6 Å². The first-order valence-electron chi connectivity index (χ1n) is 7.12. The van der Waals surface area contributed by atoms with E-state index in [1.807, 2.05) is 0 Å². The molecule has 1 heterocycles. The molecule has 0 fully saturated rings. The van der Waals surface area contributed by atoms with Crippen molar-refractivity contribution in [2.24, 2.45) is 0 Å². The first kappa shape index (κ1) is 14.6. The van der Waals surface area contributed by atoms with Gasteiger partial charge in [-0.15, -0.1) is 5.73 Å². The summed E-state index contributed by atoms with van der Waals surface area (Å²) >= 11 is 0. The molecule has 0 aromatic rings. The molecule has 0 bridgehead atoms. The minimum absolute atomic E-state index is 0.161. The lowest BCUT2D eigenvalue weighted by atomic mass is 9.88. The van der Waals surface area contributed by atoms with Crippen LogP contribution in [0.15, 0.2) is 29.0 Å². The standard InChI is InChI=1S/C16H20O4/c1-3-11(10-15(17)19-4-2)9-14-12-7-5-6-8-13(12)16(18)20-14/h14H,1,4-10H2,2H3. The van der Waals surface area contributed by atoms with E-state index in [-0.39, 0.29) is 24.5 Å². The van der Waals surface area contributed by atoms with E-state index in [2.05, 4.69) is 12.3 Å². The molecule has 0 saturated heterocycles. The van der Waals surface area contributed by atoms with E-state index in [0.29, 0.717) is 13.0 Å². The molecule has 20 heavy (non-hydrogen) atoms. The van der Waals surface area contributed by atoms with Crippen LogP contribution in [0.1, 0.15) is 45.4 Å². The number of cyclic esters (lactones) is 1. The molecular formula is C16H20O4. The maximum atomic E-state index is 11.8. The van der Waals surface area contributed by atoms with Gasteiger partial charge in [0.05, 0.1) is 13.0 Å². The van der Waals surface area contributed by atoms with Crippen molar-refractivity contribution < 1.29 is 19.1 Å². The number of esters is 2. The Hall–Kier alpha value is -1.80. The maximum absolute atomic E-state index is 11.8. The van der Waals surface area contributed by atoms with Crippen molar-refractivity contribution in [3.05, 3.63) is 29.0 Å². The van der Waals surface area contributed by atoms with Gasteiger partial charge in [-0.05, 0) is 43.8 Å². The van der Waals surface area contributed by atoms with Gasteiger partial charge in [-0.2, -0.15) is 0 Å². The van der Waals surface area contributed by atoms with Crippen molar-refractivity contribution in [1.29, 1.82) is 0 Å². The Morgan fingerprint density at radius 3 is 2.90 bits per heavy atom. The molecule has 0 saturated carbocycles. The van der Waals surface area contributed by atoms with Gasteiger partial charge >= 0.3 is 11.9 Å². The lowest BCUT2D eigenvalue weighted by molar-refractivity contribution is -0.142. The van der Waals surface area contributed by atoms with Crippen LogP contribution in [0.25, 0.3) is 0 Å². The van der Waals surface area contributed by atoms with Gasteiger partial charge in [0.25, 0.3) is 0 Å². The highest BCUT2D eigenvalue weighted by Crippen LogP contribution is 2.37. The summed E-state index contributed by atoms with van der Waals surface area (Å²) in [6, 6.07) is 0. The molecular weight excluding hydrogens is 256 g/mol. The van der Waals surface area contributed by atoms with Crippen molar-refractivity contribution in [3.63, 3.8) is 0 Å². The topological polar surface area (TPSA) is 52.6 Å². The Morgan fingerprint density at radius 1 is 1.45 bits per heavy atom. The Balaban J connectivity index is 2.02. The average molecular weight is 276 g/mol. The highest BCUT2D eigenvalue weighted by atomic mass is 16.5. The zero-order valence-corrected chi connectivity index (χ0v) is 11.9. The molecule has 2 aliphatic rings. The van der Waals surface area contributed by atoms with E-state index in [4.69, 9.17) is 9.47 Å². The van der Waals surface area contributed by atoms with E-state index < -0.39 is 0 Å². The molecule has 1 unspecified atom stereocenters. The fourth-order valence-corrected chi connectivity index (χ4v) is 2.77. The van der Waals surface area contributed by atoms with Crippen molar-refractivity contribution in [1.82, 2.24) is 0 Å². The quantitative estimate of drug-likeness (QED) is 0.572. The maximum Gasteiger partial charge on any atom is 0.334 e. The van der Waals surface area contributed by atoms with Crippen molar-refractivity contribution >= 4 is 11.9 Å². The van der Waals surface area contributed by atoms with E-state index in [0.717, 1.165) is 42.4 Å². The summed E-state index contributed by atoms with van der Waals surface area (Å²) in [4.78, 5) is 23.3. The SMILES string of the molecule is C=C=C(CC(=O)OCC)CC1OC(=O)C2=C1CCCC2. The molecule has 1 aliphatic heterocycles. The summed E-state index contributed by atoms with van der Waals surface area (Å²) in [5, 5.41) is 0. The van der Waals surface area contributed by atoms with E-state index in [9.17, 15) is 9.59 Å². The molecule has 108 valence electrons. The molecule has 0 N–H and O–H groups in total. The lowest BCUT2D eigenvalue weighted by Crippen LogP contribution is -2.15. The molecule has 0 aromatic heterocycles. The van der Waals surface area contributed by atoms with Crippen LogP contribution in [0.4, 0.5) is 0 Å². The van der Waals surface area contributed by atoms with Crippen LogP contribution in [0.3, 0.4) is 0 Å². The fourth-order valence-electron chi connectivity index (χ4n) is 2.77. The number of hydrogen-bond donors (Lipinski definition) is 0. The fraction of sp³-hybridized carbons (Fsp3) is 0.562. The second kappa shape index (κ2) is 6.58. The highest BCUT2D eigenvalue weighted by Gasteiger charge is 2.35. The van der Waals surface area contributed by atoms with Crippen LogP contribution < -0.4 is 0 Å². The highest BCUT2D eigenvalue weighted by molar-refractivity contribution is 5.92. The first-order valence-corrected chi connectivity index (χ1v) is 7.12. The van der Waals surface area contributed by atoms with Crippen molar-refractivity contribution in [2.75, 3.05) is 6.61 Å². The first-order chi connectivity index (χ1) is 9.65. The third kappa shape index (κ3) is 3.20. The zero-order chi connectivity index (χ0) is 14.5. The smallest absolute Gasteiger partial charge is 0.334 e. The van der Waals surface area contributed by atoms with Gasteiger partial charge < -0.3 is 9.47 Å². The normalized spacial score (nSPS) is 21.1. The van der Waals surface area contributed by atoms with Gasteiger partial charge in [0.1, 0.15) is 6.10 Å². The summed E-state index contributed by atoms with van der Waals surface area (Å²) in [5.74, 6) is -0.481. The van der Waals surface area contributed by atoms with Crippen LogP contribution in [0.2, 0.25) is 0 Å². The second-order valence-electron chi connectivity index (χ2n) is 5.07. The predicted octanol–water partition coefficient (Wildman–Crippen LogP) is 2.84. The van der Waals surface area contributed by atoms with Gasteiger partial charge in [0.15, 0.2) is 0 Å². The van der Waals surface area contributed by atoms with Gasteiger partial charge in [-0.1, -0.05) is 6.58 Å². The van der Waals surface area contributed by atoms with Gasteiger partial charge in [-0.25, -0.2) is 4.79 Å². The lowest BCUT2D eigenvalue weighted by Gasteiger charge is -2.17. The largest absolute Gasteiger partial charge is 0.466 e. The Bertz CT molecular complexity index is 495. The van der Waals surface area contributed by atoms with Crippen LogP contribution in [0.5, 0.6) is 0 Å². The van der Waals surface area contributed by atoms with Crippen LogP contribution in [-0.2, 0) is 19.1 Å². The summed E-state index contributed by atoms with van der Waals surface area (Å²) in [7, 11) is 0. The molecule has 0 aromatic carbocycles. The number of carbonyl (C=O) groups excluding carboxylic acids is 2. The molecule has 4 nitrogen and oxygen atoms in total. The third-order valence-electron chi connectivity index (χ3n) is 3.74. The van der Waals surface area contributed by atoms with Crippen LogP contribution in [0, 0.1) is 0 Å². The summed E-state index contributed by atoms with van der Waals surface area (Å²) < 4.78 is 10.3. The van der Waals surface area contributed by atoms with Gasteiger partial charge in [-0.3, -0.25) is 4.79 Å². The minimum atomic E-state index is -0.291. The van der Waals surface area contributed by atoms with E-state index >= 15 is 0 Å². The summed E-state index contributed by atoms with van der Waals surface area (Å²) in [5.41, 5.74) is 5.47.